The summed E-state index contributed by atoms with van der Waals surface area (Å²) in [6.45, 7) is 18.3. The van der Waals surface area contributed by atoms with Gasteiger partial charge in [-0.25, -0.2) is 4.79 Å². The van der Waals surface area contributed by atoms with Crippen LogP contribution in [0, 0.1) is 12.8 Å². The number of carbonyl (C=O) groups excluding carboxylic acids is 3. The number of phenolic OH excluding ortho intramolecular Hbond substituents is 1. The monoisotopic (exact) mass is 491 g/mol. The molecule has 0 aliphatic rings. The van der Waals surface area contributed by atoms with Crippen LogP contribution in [0.1, 0.15) is 92.3 Å². The molecule has 0 spiro atoms. The van der Waals surface area contributed by atoms with E-state index in [4.69, 9.17) is 4.74 Å². The normalized spacial score (nSPS) is 14.3. The number of rotatable bonds is 10. The summed E-state index contributed by atoms with van der Waals surface area (Å²) in [5, 5.41) is 15.8. The molecule has 35 heavy (non-hydrogen) atoms. The Kier molecular flexibility index (Phi) is 11.1. The van der Waals surface area contributed by atoms with E-state index in [0.29, 0.717) is 11.1 Å². The van der Waals surface area contributed by atoms with Crippen LogP contribution in [0.4, 0.5) is 4.79 Å². The molecule has 0 bridgehead atoms. The van der Waals surface area contributed by atoms with Crippen LogP contribution in [0.3, 0.4) is 0 Å². The summed E-state index contributed by atoms with van der Waals surface area (Å²) in [5.41, 5.74) is 0.474. The molecule has 0 heterocycles. The minimum atomic E-state index is -0.942. The Bertz CT molecular complexity index is 876. The van der Waals surface area contributed by atoms with Gasteiger partial charge in [-0.1, -0.05) is 33.3 Å². The molecule has 3 unspecified atom stereocenters. The quantitative estimate of drug-likeness (QED) is 0.434. The fourth-order valence-electron chi connectivity index (χ4n) is 3.90. The zero-order valence-electron chi connectivity index (χ0n) is 23.1. The van der Waals surface area contributed by atoms with Crippen molar-refractivity contribution in [1.29, 1.82) is 0 Å². The van der Waals surface area contributed by atoms with E-state index in [2.05, 4.69) is 10.6 Å². The second-order valence-corrected chi connectivity index (χ2v) is 10.9. The van der Waals surface area contributed by atoms with Crippen LogP contribution in [0.25, 0.3) is 0 Å². The highest BCUT2D eigenvalue weighted by atomic mass is 16.6. The van der Waals surface area contributed by atoms with Crippen molar-refractivity contribution in [2.45, 2.75) is 112 Å². The Hall–Kier alpha value is -2.77. The van der Waals surface area contributed by atoms with Crippen LogP contribution in [0.15, 0.2) is 18.2 Å². The van der Waals surface area contributed by atoms with Gasteiger partial charge >= 0.3 is 6.09 Å². The third-order valence-electron chi connectivity index (χ3n) is 5.59. The minimum Gasteiger partial charge on any atom is -0.508 e. The second-order valence-electron chi connectivity index (χ2n) is 10.9. The van der Waals surface area contributed by atoms with Gasteiger partial charge in [0.15, 0.2) is 0 Å². The SMILES string of the molecule is CCCC(C)NC(=O)C(c1ccc(O)c(C)c1)N(C(=O)C(NC(=O)OC(C)(C)C)C(C)C)C(C)C. The van der Waals surface area contributed by atoms with E-state index >= 15 is 0 Å². The largest absolute Gasteiger partial charge is 0.508 e. The number of alkyl carbamates (subject to hydrolysis) is 1. The van der Waals surface area contributed by atoms with Crippen LogP contribution < -0.4 is 10.6 Å². The standard InChI is InChI=1S/C27H45N3O5/c1-11-12-19(7)28-24(32)23(20-13-14-21(31)18(6)15-20)30(17(4)5)25(33)22(16(2)3)29-26(34)35-27(8,9)10/h13-17,19,22-23,31H,11-12H2,1-10H3,(H,28,32)(H,29,34). The van der Waals surface area contributed by atoms with E-state index in [0.717, 1.165) is 12.8 Å². The average Bonchev–Trinajstić information content (AvgIpc) is 2.70. The Labute approximate surface area is 210 Å². The van der Waals surface area contributed by atoms with Crippen LogP contribution in [0.5, 0.6) is 5.75 Å². The van der Waals surface area contributed by atoms with Crippen molar-refractivity contribution in [2.75, 3.05) is 0 Å². The van der Waals surface area contributed by atoms with Crippen molar-refractivity contribution in [3.05, 3.63) is 29.3 Å². The molecule has 3 atom stereocenters. The number of aryl methyl sites for hydroxylation is 1. The van der Waals surface area contributed by atoms with Gasteiger partial charge in [0.2, 0.25) is 11.8 Å². The van der Waals surface area contributed by atoms with Crippen molar-refractivity contribution in [2.24, 2.45) is 5.92 Å². The number of carbonyl (C=O) groups is 3. The maximum absolute atomic E-state index is 13.9. The van der Waals surface area contributed by atoms with Crippen LogP contribution >= 0.6 is 0 Å². The average molecular weight is 492 g/mol. The topological polar surface area (TPSA) is 108 Å². The molecular formula is C27H45N3O5. The number of ether oxygens (including phenoxy) is 1. The first-order chi connectivity index (χ1) is 16.1. The maximum atomic E-state index is 13.9. The van der Waals surface area contributed by atoms with Crippen molar-refractivity contribution in [3.63, 3.8) is 0 Å². The van der Waals surface area contributed by atoms with Gasteiger partial charge in [-0.2, -0.15) is 0 Å². The third-order valence-corrected chi connectivity index (χ3v) is 5.59. The molecular weight excluding hydrogens is 446 g/mol. The summed E-state index contributed by atoms with van der Waals surface area (Å²) in [4.78, 5) is 41.6. The highest BCUT2D eigenvalue weighted by molar-refractivity contribution is 5.92. The van der Waals surface area contributed by atoms with E-state index in [1.54, 1.807) is 39.8 Å². The number of amides is 3. The molecule has 0 aliphatic carbocycles. The first-order valence-electron chi connectivity index (χ1n) is 12.5. The van der Waals surface area contributed by atoms with E-state index in [9.17, 15) is 19.5 Å². The molecule has 1 rings (SSSR count). The number of nitrogens with zero attached hydrogens (tertiary/aromatic N) is 1. The predicted molar refractivity (Wildman–Crippen MR) is 138 cm³/mol. The number of benzene rings is 1. The van der Waals surface area contributed by atoms with Crippen molar-refractivity contribution in [1.82, 2.24) is 15.5 Å². The lowest BCUT2D eigenvalue weighted by molar-refractivity contribution is -0.145. The molecule has 3 amide bonds. The molecule has 0 saturated heterocycles. The van der Waals surface area contributed by atoms with Gasteiger partial charge in [-0.3, -0.25) is 9.59 Å². The molecule has 0 saturated carbocycles. The van der Waals surface area contributed by atoms with E-state index in [-0.39, 0.29) is 35.6 Å². The summed E-state index contributed by atoms with van der Waals surface area (Å²) >= 11 is 0. The summed E-state index contributed by atoms with van der Waals surface area (Å²) in [6, 6.07) is 2.65. The Morgan fingerprint density at radius 3 is 2.11 bits per heavy atom. The first-order valence-corrected chi connectivity index (χ1v) is 12.5. The fourth-order valence-corrected chi connectivity index (χ4v) is 3.90. The summed E-state index contributed by atoms with van der Waals surface area (Å²) < 4.78 is 5.38. The molecule has 8 nitrogen and oxygen atoms in total. The number of phenols is 1. The van der Waals surface area contributed by atoms with Gasteiger partial charge in [0.25, 0.3) is 0 Å². The molecule has 0 radical (unpaired) electrons. The zero-order chi connectivity index (χ0) is 27.1. The van der Waals surface area contributed by atoms with Crippen molar-refractivity contribution in [3.8, 4) is 5.75 Å². The molecule has 1 aromatic rings. The lowest BCUT2D eigenvalue weighted by Crippen LogP contribution is -2.57. The van der Waals surface area contributed by atoms with Gasteiger partial charge in [0.05, 0.1) is 0 Å². The number of hydrogen-bond acceptors (Lipinski definition) is 5. The Morgan fingerprint density at radius 1 is 1.06 bits per heavy atom. The van der Waals surface area contributed by atoms with E-state index in [1.807, 2.05) is 41.5 Å². The molecule has 198 valence electrons. The van der Waals surface area contributed by atoms with E-state index < -0.39 is 23.8 Å². The summed E-state index contributed by atoms with van der Waals surface area (Å²) in [6.07, 6.45) is 1.02. The van der Waals surface area contributed by atoms with Crippen molar-refractivity contribution < 1.29 is 24.2 Å². The lowest BCUT2D eigenvalue weighted by Gasteiger charge is -2.38. The fraction of sp³-hybridized carbons (Fsp3) is 0.667. The molecule has 0 aromatic heterocycles. The Balaban J connectivity index is 3.49. The maximum Gasteiger partial charge on any atom is 0.408 e. The van der Waals surface area contributed by atoms with Gasteiger partial charge in [-0.05, 0) is 84.1 Å². The van der Waals surface area contributed by atoms with Gasteiger partial charge in [0, 0.05) is 12.1 Å². The molecule has 0 fully saturated rings. The molecule has 3 N–H and O–H groups in total. The summed E-state index contributed by atoms with van der Waals surface area (Å²) in [5.74, 6) is -0.824. The number of hydrogen-bond donors (Lipinski definition) is 3. The van der Waals surface area contributed by atoms with Gasteiger partial charge in [-0.15, -0.1) is 0 Å². The lowest BCUT2D eigenvalue weighted by atomic mass is 9.96. The highest BCUT2D eigenvalue weighted by Crippen LogP contribution is 2.29. The predicted octanol–water partition coefficient (Wildman–Crippen LogP) is 4.83. The van der Waals surface area contributed by atoms with Crippen LogP contribution in [-0.4, -0.2) is 51.6 Å². The molecule has 1 aromatic carbocycles. The molecule has 8 heteroatoms. The Morgan fingerprint density at radius 2 is 1.66 bits per heavy atom. The third kappa shape index (κ3) is 9.07. The van der Waals surface area contributed by atoms with Gasteiger partial charge < -0.3 is 25.4 Å². The van der Waals surface area contributed by atoms with Crippen LogP contribution in [-0.2, 0) is 14.3 Å². The number of aromatic hydroxyl groups is 1. The number of nitrogens with one attached hydrogen (secondary N) is 2. The molecule has 0 aliphatic heterocycles. The zero-order valence-corrected chi connectivity index (χ0v) is 23.1. The first kappa shape index (κ1) is 30.3. The van der Waals surface area contributed by atoms with Crippen LogP contribution in [0.2, 0.25) is 0 Å². The van der Waals surface area contributed by atoms with Gasteiger partial charge in [0.1, 0.15) is 23.4 Å². The minimum absolute atomic E-state index is 0.0712. The smallest absolute Gasteiger partial charge is 0.408 e. The van der Waals surface area contributed by atoms with E-state index in [1.165, 1.54) is 11.0 Å². The summed E-state index contributed by atoms with van der Waals surface area (Å²) in [7, 11) is 0. The highest BCUT2D eigenvalue weighted by Gasteiger charge is 2.39. The second kappa shape index (κ2) is 12.8. The van der Waals surface area contributed by atoms with Crippen molar-refractivity contribution >= 4 is 17.9 Å².